The Morgan fingerprint density at radius 3 is 2.10 bits per heavy atom. The molecule has 0 spiro atoms. The summed E-state index contributed by atoms with van der Waals surface area (Å²) in [7, 11) is 1.95. The van der Waals surface area contributed by atoms with Crippen LogP contribution in [-0.2, 0) is 0 Å². The minimum Gasteiger partial charge on any atom is -0.316 e. The van der Waals surface area contributed by atoms with Gasteiger partial charge in [0.1, 0.15) is 0 Å². The molecule has 0 rings (SSSR count). The van der Waals surface area contributed by atoms with Gasteiger partial charge in [0.15, 0.2) is 0 Å². The van der Waals surface area contributed by atoms with Crippen LogP contribution >= 0.6 is 0 Å². The van der Waals surface area contributed by atoms with Crippen LogP contribution in [0.5, 0.6) is 0 Å². The Labute approximate surface area is 63.8 Å². The molecule has 0 unspecified atom stereocenters. The largest absolute Gasteiger partial charge is 0.316 e. The minimum atomic E-state index is 0.957. The highest BCUT2D eigenvalue weighted by Gasteiger charge is 1.94. The van der Waals surface area contributed by atoms with Gasteiger partial charge in [-0.2, -0.15) is 0 Å². The average Bonchev–Trinajstić information content (AvgIpc) is 1.87. The highest BCUT2D eigenvalue weighted by atomic mass is 14.8. The van der Waals surface area contributed by atoms with Crippen molar-refractivity contribution in [3.8, 4) is 0 Å². The van der Waals surface area contributed by atoms with Crippen molar-refractivity contribution < 1.29 is 0 Å². The summed E-state index contributed by atoms with van der Waals surface area (Å²) < 4.78 is 0. The van der Waals surface area contributed by atoms with Gasteiger partial charge in [0.25, 0.3) is 0 Å². The zero-order valence-corrected chi connectivity index (χ0v) is 7.41. The molecule has 0 amide bonds. The van der Waals surface area contributed by atoms with Crippen molar-refractivity contribution in [3.05, 3.63) is 23.3 Å². The van der Waals surface area contributed by atoms with Crippen LogP contribution in [0.2, 0.25) is 0 Å². The number of hydrogen-bond acceptors (Lipinski definition) is 1. The molecule has 0 aromatic heterocycles. The normalized spacial score (nSPS) is 12.8. The van der Waals surface area contributed by atoms with E-state index in [1.54, 1.807) is 0 Å². The predicted octanol–water partition coefficient (Wildman–Crippen LogP) is 2.12. The van der Waals surface area contributed by atoms with Crippen molar-refractivity contribution in [2.45, 2.75) is 20.8 Å². The fraction of sp³-hybridized carbons (Fsp3) is 0.556. The molecule has 10 heavy (non-hydrogen) atoms. The summed E-state index contributed by atoms with van der Waals surface area (Å²) in [6, 6.07) is 0. The molecule has 0 aliphatic heterocycles. The van der Waals surface area contributed by atoms with Gasteiger partial charge in [-0.25, -0.2) is 0 Å². The first-order chi connectivity index (χ1) is 4.59. The third-order valence-corrected chi connectivity index (χ3v) is 1.72. The minimum absolute atomic E-state index is 0.957. The van der Waals surface area contributed by atoms with E-state index in [2.05, 4.69) is 25.7 Å². The van der Waals surface area contributed by atoms with E-state index in [1.807, 2.05) is 14.0 Å². The third kappa shape index (κ3) is 2.83. The van der Waals surface area contributed by atoms with Crippen LogP contribution in [0.4, 0.5) is 0 Å². The van der Waals surface area contributed by atoms with E-state index >= 15 is 0 Å². The molecule has 1 heteroatoms. The van der Waals surface area contributed by atoms with Crippen molar-refractivity contribution in [1.29, 1.82) is 0 Å². The molecule has 0 aliphatic carbocycles. The molecule has 0 fully saturated rings. The zero-order valence-electron chi connectivity index (χ0n) is 7.41. The van der Waals surface area contributed by atoms with Crippen molar-refractivity contribution in [3.63, 3.8) is 0 Å². The van der Waals surface area contributed by atoms with Crippen LogP contribution < -0.4 is 5.32 Å². The lowest BCUT2D eigenvalue weighted by molar-refractivity contribution is 0.870. The Morgan fingerprint density at radius 2 is 1.80 bits per heavy atom. The first-order valence-corrected chi connectivity index (χ1v) is 3.56. The zero-order chi connectivity index (χ0) is 8.15. The van der Waals surface area contributed by atoms with E-state index in [1.165, 1.54) is 11.1 Å². The summed E-state index contributed by atoms with van der Waals surface area (Å²) in [4.78, 5) is 0. The number of nitrogens with one attached hydrogen (secondary N) is 1. The molecule has 0 radical (unpaired) electrons. The summed E-state index contributed by atoms with van der Waals surface area (Å²) in [5.41, 5.74) is 3.84. The van der Waals surface area contributed by atoms with Crippen LogP contribution in [0.25, 0.3) is 0 Å². The maximum atomic E-state index is 3.87. The molecule has 0 atom stereocenters. The van der Waals surface area contributed by atoms with E-state index in [-0.39, 0.29) is 0 Å². The highest BCUT2D eigenvalue weighted by molar-refractivity contribution is 5.29. The third-order valence-electron chi connectivity index (χ3n) is 1.72. The number of rotatable bonds is 3. The smallest absolute Gasteiger partial charge is 0.0164 e. The predicted molar refractivity (Wildman–Crippen MR) is 47.1 cm³/mol. The molecule has 1 N–H and O–H groups in total. The van der Waals surface area contributed by atoms with Crippen molar-refractivity contribution in [1.82, 2.24) is 5.32 Å². The van der Waals surface area contributed by atoms with Crippen LogP contribution in [0, 0.1) is 0 Å². The lowest BCUT2D eigenvalue weighted by atomic mass is 10.1. The standard InChI is InChI=1S/C9H17N/c1-7(2)9(4)8(3)6-10-5/h10H,1,6H2,2-5H3/b9-8+. The first-order valence-electron chi connectivity index (χ1n) is 3.56. The van der Waals surface area contributed by atoms with Gasteiger partial charge in [-0.1, -0.05) is 17.7 Å². The van der Waals surface area contributed by atoms with Crippen LogP contribution in [0.1, 0.15) is 20.8 Å². The fourth-order valence-electron chi connectivity index (χ4n) is 0.762. The Bertz CT molecular complexity index is 154. The summed E-state index contributed by atoms with van der Waals surface area (Å²) in [5, 5.41) is 3.10. The highest BCUT2D eigenvalue weighted by Crippen LogP contribution is 2.10. The van der Waals surface area contributed by atoms with E-state index in [0.29, 0.717) is 0 Å². The molecule has 0 bridgehead atoms. The Morgan fingerprint density at radius 1 is 1.30 bits per heavy atom. The van der Waals surface area contributed by atoms with Crippen molar-refractivity contribution in [2.75, 3.05) is 13.6 Å². The lowest BCUT2D eigenvalue weighted by Gasteiger charge is -2.05. The van der Waals surface area contributed by atoms with Crippen LogP contribution in [-0.4, -0.2) is 13.6 Å². The molecular weight excluding hydrogens is 122 g/mol. The van der Waals surface area contributed by atoms with Gasteiger partial charge < -0.3 is 5.32 Å². The van der Waals surface area contributed by atoms with Crippen molar-refractivity contribution >= 4 is 0 Å². The summed E-state index contributed by atoms with van der Waals surface area (Å²) >= 11 is 0. The van der Waals surface area contributed by atoms with E-state index in [4.69, 9.17) is 0 Å². The second-order valence-corrected chi connectivity index (χ2v) is 2.72. The molecule has 0 heterocycles. The number of allylic oxidation sites excluding steroid dienone is 2. The summed E-state index contributed by atoms with van der Waals surface area (Å²) in [5.74, 6) is 0. The van der Waals surface area contributed by atoms with Crippen molar-refractivity contribution in [2.24, 2.45) is 0 Å². The summed E-state index contributed by atoms with van der Waals surface area (Å²) in [6.45, 7) is 11.1. The van der Waals surface area contributed by atoms with Gasteiger partial charge in [-0.15, -0.1) is 0 Å². The first kappa shape index (κ1) is 9.44. The Balaban J connectivity index is 4.19. The molecule has 1 nitrogen and oxygen atoms in total. The molecule has 0 aliphatic rings. The maximum Gasteiger partial charge on any atom is 0.0164 e. The van der Waals surface area contributed by atoms with Gasteiger partial charge in [-0.3, -0.25) is 0 Å². The maximum absolute atomic E-state index is 3.87. The SMILES string of the molecule is C=C(C)/C(C)=C(\C)CNC. The fourth-order valence-corrected chi connectivity index (χ4v) is 0.762. The molecule has 0 saturated carbocycles. The number of likely N-dealkylation sites (N-methyl/N-ethyl adjacent to an activating group) is 1. The lowest BCUT2D eigenvalue weighted by Crippen LogP contribution is -2.09. The molecule has 0 saturated heterocycles. The number of hydrogen-bond donors (Lipinski definition) is 1. The molecule has 0 aromatic rings. The second-order valence-electron chi connectivity index (χ2n) is 2.72. The van der Waals surface area contributed by atoms with E-state index < -0.39 is 0 Å². The average molecular weight is 139 g/mol. The second kappa shape index (κ2) is 4.29. The van der Waals surface area contributed by atoms with Gasteiger partial charge in [0, 0.05) is 6.54 Å². The quantitative estimate of drug-likeness (QED) is 0.590. The van der Waals surface area contributed by atoms with Gasteiger partial charge in [-0.05, 0) is 33.4 Å². The Hall–Kier alpha value is -0.560. The topological polar surface area (TPSA) is 12.0 Å². The Kier molecular flexibility index (Phi) is 4.05. The van der Waals surface area contributed by atoms with Gasteiger partial charge >= 0.3 is 0 Å². The van der Waals surface area contributed by atoms with Crippen LogP contribution in [0.15, 0.2) is 23.3 Å². The van der Waals surface area contributed by atoms with E-state index in [9.17, 15) is 0 Å². The molecule has 58 valence electrons. The van der Waals surface area contributed by atoms with Gasteiger partial charge in [0.05, 0.1) is 0 Å². The molecule has 0 aromatic carbocycles. The van der Waals surface area contributed by atoms with E-state index in [0.717, 1.165) is 12.1 Å². The van der Waals surface area contributed by atoms with Crippen LogP contribution in [0.3, 0.4) is 0 Å². The monoisotopic (exact) mass is 139 g/mol. The summed E-state index contributed by atoms with van der Waals surface area (Å²) in [6.07, 6.45) is 0. The van der Waals surface area contributed by atoms with Gasteiger partial charge in [0.2, 0.25) is 0 Å². The molecular formula is C9H17N.